The SMILES string of the molecule is CO/N=C(/C#N)C1=CC2CCN(C1)C2. The molecule has 0 spiro atoms. The van der Waals surface area contributed by atoms with Gasteiger partial charge in [0.1, 0.15) is 13.2 Å². The van der Waals surface area contributed by atoms with Gasteiger partial charge in [0, 0.05) is 18.7 Å². The molecule has 14 heavy (non-hydrogen) atoms. The van der Waals surface area contributed by atoms with Crippen LogP contribution in [-0.4, -0.2) is 37.4 Å². The van der Waals surface area contributed by atoms with Crippen LogP contribution in [0.25, 0.3) is 0 Å². The van der Waals surface area contributed by atoms with Gasteiger partial charge in [0.2, 0.25) is 0 Å². The van der Waals surface area contributed by atoms with Gasteiger partial charge in [-0.1, -0.05) is 11.2 Å². The molecule has 4 nitrogen and oxygen atoms in total. The zero-order valence-corrected chi connectivity index (χ0v) is 8.23. The second-order valence-corrected chi connectivity index (χ2v) is 3.71. The van der Waals surface area contributed by atoms with Crippen molar-refractivity contribution in [2.75, 3.05) is 26.7 Å². The first kappa shape index (κ1) is 9.22. The van der Waals surface area contributed by atoms with Crippen molar-refractivity contribution in [2.45, 2.75) is 6.42 Å². The van der Waals surface area contributed by atoms with Crippen LogP contribution in [-0.2, 0) is 4.84 Å². The summed E-state index contributed by atoms with van der Waals surface area (Å²) in [5.41, 5.74) is 1.44. The van der Waals surface area contributed by atoms with Crippen molar-refractivity contribution in [3.8, 4) is 6.07 Å². The molecule has 74 valence electrons. The van der Waals surface area contributed by atoms with Crippen molar-refractivity contribution in [1.82, 2.24) is 4.90 Å². The second-order valence-electron chi connectivity index (χ2n) is 3.71. The Balaban J connectivity index is 2.19. The average Bonchev–Trinajstić information content (AvgIpc) is 2.54. The van der Waals surface area contributed by atoms with E-state index in [2.05, 4.69) is 27.0 Å². The van der Waals surface area contributed by atoms with Gasteiger partial charge in [0.05, 0.1) is 0 Å². The summed E-state index contributed by atoms with van der Waals surface area (Å²) in [6.07, 6.45) is 3.37. The van der Waals surface area contributed by atoms with Crippen LogP contribution in [0.5, 0.6) is 0 Å². The van der Waals surface area contributed by atoms with E-state index in [1.807, 2.05) is 0 Å². The lowest BCUT2D eigenvalue weighted by atomic mass is 10.00. The van der Waals surface area contributed by atoms with E-state index in [-0.39, 0.29) is 0 Å². The monoisotopic (exact) mass is 191 g/mol. The number of hydrogen-bond donors (Lipinski definition) is 0. The summed E-state index contributed by atoms with van der Waals surface area (Å²) in [5.74, 6) is 0.606. The molecule has 0 aromatic heterocycles. The fraction of sp³-hybridized carbons (Fsp3) is 0.600. The van der Waals surface area contributed by atoms with E-state index in [1.165, 1.54) is 13.5 Å². The van der Waals surface area contributed by atoms with Crippen molar-refractivity contribution >= 4 is 5.71 Å². The lowest BCUT2D eigenvalue weighted by molar-refractivity contribution is 0.213. The molecule has 2 unspecified atom stereocenters. The normalized spacial score (nSPS) is 30.9. The summed E-state index contributed by atoms with van der Waals surface area (Å²) < 4.78 is 0. The molecular weight excluding hydrogens is 178 g/mol. The number of oxime groups is 1. The lowest BCUT2D eigenvalue weighted by Crippen LogP contribution is -2.29. The van der Waals surface area contributed by atoms with Gasteiger partial charge in [-0.15, -0.1) is 0 Å². The van der Waals surface area contributed by atoms with Gasteiger partial charge in [0.25, 0.3) is 0 Å². The Kier molecular flexibility index (Phi) is 2.51. The summed E-state index contributed by atoms with van der Waals surface area (Å²) in [4.78, 5) is 6.99. The number of fused-ring (bicyclic) bond motifs is 2. The van der Waals surface area contributed by atoms with Crippen LogP contribution in [0.15, 0.2) is 16.8 Å². The minimum atomic E-state index is 0.420. The maximum atomic E-state index is 8.88. The van der Waals surface area contributed by atoms with Crippen LogP contribution in [0.2, 0.25) is 0 Å². The summed E-state index contributed by atoms with van der Waals surface area (Å²) in [5, 5.41) is 12.6. The fourth-order valence-corrected chi connectivity index (χ4v) is 2.12. The Morgan fingerprint density at radius 3 is 3.29 bits per heavy atom. The average molecular weight is 191 g/mol. The van der Waals surface area contributed by atoms with Crippen molar-refractivity contribution in [1.29, 1.82) is 5.26 Å². The van der Waals surface area contributed by atoms with Crippen LogP contribution in [0, 0.1) is 17.2 Å². The Morgan fingerprint density at radius 1 is 1.79 bits per heavy atom. The molecule has 2 atom stereocenters. The molecule has 0 amide bonds. The summed E-state index contributed by atoms with van der Waals surface area (Å²) in [6, 6.07) is 2.07. The van der Waals surface area contributed by atoms with E-state index >= 15 is 0 Å². The predicted molar refractivity (Wildman–Crippen MR) is 52.7 cm³/mol. The van der Waals surface area contributed by atoms with E-state index < -0.39 is 0 Å². The highest BCUT2D eigenvalue weighted by Gasteiger charge is 2.28. The Morgan fingerprint density at radius 2 is 2.64 bits per heavy atom. The first-order valence-electron chi connectivity index (χ1n) is 4.78. The van der Waals surface area contributed by atoms with Crippen molar-refractivity contribution in [3.05, 3.63) is 11.6 Å². The largest absolute Gasteiger partial charge is 0.398 e. The molecular formula is C10H13N3O. The molecule has 2 aliphatic heterocycles. The summed E-state index contributed by atoms with van der Waals surface area (Å²) >= 11 is 0. The van der Waals surface area contributed by atoms with E-state index in [1.54, 1.807) is 0 Å². The Labute approximate surface area is 83.4 Å². The molecule has 0 radical (unpaired) electrons. The second kappa shape index (κ2) is 3.81. The lowest BCUT2D eigenvalue weighted by Gasteiger charge is -2.21. The summed E-state index contributed by atoms with van der Waals surface area (Å²) in [6.45, 7) is 3.11. The number of rotatable bonds is 2. The summed E-state index contributed by atoms with van der Waals surface area (Å²) in [7, 11) is 1.47. The highest BCUT2D eigenvalue weighted by Crippen LogP contribution is 2.25. The standard InChI is InChI=1S/C10H13N3O/c1-14-12-10(5-11)9-4-8-2-3-13(6-8)7-9/h4,8H,2-3,6-7H2,1H3/b12-10-. The molecule has 0 saturated carbocycles. The van der Waals surface area contributed by atoms with E-state index in [0.29, 0.717) is 11.6 Å². The van der Waals surface area contributed by atoms with E-state index in [0.717, 1.165) is 25.2 Å². The van der Waals surface area contributed by atoms with Crippen molar-refractivity contribution in [2.24, 2.45) is 11.1 Å². The maximum absolute atomic E-state index is 8.88. The van der Waals surface area contributed by atoms with Gasteiger partial charge in [0.15, 0.2) is 5.71 Å². The van der Waals surface area contributed by atoms with Gasteiger partial charge in [-0.05, 0) is 18.9 Å². The molecule has 1 saturated heterocycles. The maximum Gasteiger partial charge on any atom is 0.183 e. The number of nitriles is 1. The van der Waals surface area contributed by atoms with Crippen LogP contribution in [0.4, 0.5) is 0 Å². The Hall–Kier alpha value is -1.34. The van der Waals surface area contributed by atoms with Crippen LogP contribution < -0.4 is 0 Å². The van der Waals surface area contributed by atoms with Crippen LogP contribution in [0.1, 0.15) is 6.42 Å². The molecule has 2 aliphatic rings. The third kappa shape index (κ3) is 1.64. The van der Waals surface area contributed by atoms with Gasteiger partial charge in [-0.2, -0.15) is 5.26 Å². The molecule has 0 aliphatic carbocycles. The first-order valence-corrected chi connectivity index (χ1v) is 4.78. The molecule has 0 aromatic carbocycles. The molecule has 2 bridgehead atoms. The molecule has 4 heteroatoms. The molecule has 0 N–H and O–H groups in total. The zero-order chi connectivity index (χ0) is 9.97. The number of nitrogens with zero attached hydrogens (tertiary/aromatic N) is 3. The van der Waals surface area contributed by atoms with Crippen LogP contribution >= 0.6 is 0 Å². The van der Waals surface area contributed by atoms with Gasteiger partial charge in [-0.25, -0.2) is 0 Å². The quantitative estimate of drug-likeness (QED) is 0.478. The molecule has 1 fully saturated rings. The number of hydrogen-bond acceptors (Lipinski definition) is 4. The molecule has 2 rings (SSSR count). The minimum Gasteiger partial charge on any atom is -0.398 e. The fourth-order valence-electron chi connectivity index (χ4n) is 2.12. The highest BCUT2D eigenvalue weighted by atomic mass is 16.6. The van der Waals surface area contributed by atoms with Crippen molar-refractivity contribution in [3.63, 3.8) is 0 Å². The van der Waals surface area contributed by atoms with Gasteiger partial charge >= 0.3 is 0 Å². The topological polar surface area (TPSA) is 48.6 Å². The molecule has 2 heterocycles. The molecule has 0 aromatic rings. The third-order valence-corrected chi connectivity index (χ3v) is 2.73. The van der Waals surface area contributed by atoms with Gasteiger partial charge in [-0.3, -0.25) is 4.90 Å². The third-order valence-electron chi connectivity index (χ3n) is 2.73. The van der Waals surface area contributed by atoms with Crippen LogP contribution in [0.3, 0.4) is 0 Å². The predicted octanol–water partition coefficient (Wildman–Crippen LogP) is 0.774. The minimum absolute atomic E-state index is 0.420. The van der Waals surface area contributed by atoms with E-state index in [4.69, 9.17) is 5.26 Å². The highest BCUT2D eigenvalue weighted by molar-refractivity contribution is 6.11. The van der Waals surface area contributed by atoms with Gasteiger partial charge < -0.3 is 4.84 Å². The van der Waals surface area contributed by atoms with Crippen molar-refractivity contribution < 1.29 is 4.84 Å². The zero-order valence-electron chi connectivity index (χ0n) is 8.23. The first-order chi connectivity index (χ1) is 6.83. The van der Waals surface area contributed by atoms with E-state index in [9.17, 15) is 0 Å². The Bertz CT molecular complexity index is 327. The smallest absolute Gasteiger partial charge is 0.183 e.